The fraction of sp³-hybridized carbons (Fsp3) is 0.143. The largest absolute Gasteiger partial charge is 0.0984 e. The minimum atomic E-state index is 0.985. The minimum Gasteiger partial charge on any atom is -0.0984 e. The van der Waals surface area contributed by atoms with Gasteiger partial charge in [-0.1, -0.05) is 105 Å². The van der Waals surface area contributed by atoms with Gasteiger partial charge in [-0.3, -0.25) is 0 Å². The summed E-state index contributed by atoms with van der Waals surface area (Å²) in [7, 11) is 0. The third kappa shape index (κ3) is 4.07. The smallest absolute Gasteiger partial charge is 0.01000 e. The summed E-state index contributed by atoms with van der Waals surface area (Å²) in [4.78, 5) is 0. The van der Waals surface area contributed by atoms with Gasteiger partial charge in [0.25, 0.3) is 0 Å². The molecule has 0 heterocycles. The van der Waals surface area contributed by atoms with Crippen molar-refractivity contribution in [1.29, 1.82) is 0 Å². The Balaban J connectivity index is 2.27. The molecule has 0 aromatic heterocycles. The highest BCUT2D eigenvalue weighted by Gasteiger charge is 2.16. The summed E-state index contributed by atoms with van der Waals surface area (Å²) in [6.07, 6.45) is 7.51. The lowest BCUT2D eigenvalue weighted by atomic mass is 9.85. The molecule has 0 radical (unpaired) electrons. The van der Waals surface area contributed by atoms with Crippen molar-refractivity contribution in [3.05, 3.63) is 125 Å². The van der Waals surface area contributed by atoms with Gasteiger partial charge in [0.1, 0.15) is 0 Å². The van der Waals surface area contributed by atoms with E-state index in [1.807, 2.05) is 6.08 Å². The van der Waals surface area contributed by atoms with Crippen LogP contribution in [0.15, 0.2) is 91.5 Å². The van der Waals surface area contributed by atoms with Gasteiger partial charge in [-0.25, -0.2) is 0 Å². The summed E-state index contributed by atoms with van der Waals surface area (Å²) in [5, 5.41) is 0. The van der Waals surface area contributed by atoms with Gasteiger partial charge < -0.3 is 0 Å². The minimum absolute atomic E-state index is 0.985. The van der Waals surface area contributed by atoms with Gasteiger partial charge in [0, 0.05) is 0 Å². The van der Waals surface area contributed by atoms with Crippen LogP contribution in [-0.2, 0) is 0 Å². The van der Waals surface area contributed by atoms with Crippen molar-refractivity contribution < 1.29 is 0 Å². The van der Waals surface area contributed by atoms with Crippen molar-refractivity contribution >= 4 is 17.2 Å². The van der Waals surface area contributed by atoms with Crippen LogP contribution in [0, 0.1) is 6.92 Å². The van der Waals surface area contributed by atoms with Crippen LogP contribution < -0.4 is 0 Å². The predicted octanol–water partition coefficient (Wildman–Crippen LogP) is 7.93. The molecule has 28 heavy (non-hydrogen) atoms. The molecular formula is C28H28. The topological polar surface area (TPSA) is 0 Å². The molecule has 140 valence electrons. The molecule has 0 aliphatic heterocycles. The van der Waals surface area contributed by atoms with E-state index in [4.69, 9.17) is 0 Å². The number of rotatable bonds is 6. The molecule has 3 rings (SSSR count). The first-order valence-electron chi connectivity index (χ1n) is 9.94. The summed E-state index contributed by atoms with van der Waals surface area (Å²) >= 11 is 0. The molecule has 0 saturated heterocycles. The average Bonchev–Trinajstić information content (AvgIpc) is 2.73. The van der Waals surface area contributed by atoms with Crippen LogP contribution in [0.4, 0.5) is 0 Å². The Hall–Kier alpha value is -3.12. The highest BCUT2D eigenvalue weighted by Crippen LogP contribution is 2.35. The summed E-state index contributed by atoms with van der Waals surface area (Å²) in [6, 6.07) is 25.8. The second-order valence-corrected chi connectivity index (χ2v) is 6.94. The molecule has 0 unspecified atom stereocenters. The Morgan fingerprint density at radius 3 is 1.79 bits per heavy atom. The Bertz CT molecular complexity index is 1000. The van der Waals surface area contributed by atoms with E-state index in [2.05, 4.69) is 112 Å². The monoisotopic (exact) mass is 364 g/mol. The predicted molar refractivity (Wildman–Crippen MR) is 124 cm³/mol. The number of benzene rings is 3. The van der Waals surface area contributed by atoms with Crippen molar-refractivity contribution in [3.63, 3.8) is 0 Å². The lowest BCUT2D eigenvalue weighted by Gasteiger charge is -2.19. The Labute approximate surface area is 169 Å². The normalized spacial score (nSPS) is 12.1. The quantitative estimate of drug-likeness (QED) is 0.416. The van der Waals surface area contributed by atoms with E-state index < -0.39 is 0 Å². The van der Waals surface area contributed by atoms with E-state index >= 15 is 0 Å². The maximum atomic E-state index is 4.17. The maximum absolute atomic E-state index is 4.17. The van der Waals surface area contributed by atoms with Crippen molar-refractivity contribution in [2.75, 3.05) is 0 Å². The molecule has 0 aliphatic rings. The van der Waals surface area contributed by atoms with Gasteiger partial charge in [0.15, 0.2) is 0 Å². The van der Waals surface area contributed by atoms with Gasteiger partial charge in [-0.2, -0.15) is 0 Å². The summed E-state index contributed by atoms with van der Waals surface area (Å²) < 4.78 is 0. The van der Waals surface area contributed by atoms with Crippen molar-refractivity contribution in [1.82, 2.24) is 0 Å². The molecule has 0 fully saturated rings. The number of hydrogen-bond donors (Lipinski definition) is 0. The first-order valence-corrected chi connectivity index (χ1v) is 9.94. The molecule has 0 heteroatoms. The number of allylic oxidation sites excluding steroid dienone is 2. The molecule has 0 aliphatic carbocycles. The zero-order chi connectivity index (χ0) is 19.9. The van der Waals surface area contributed by atoms with Crippen molar-refractivity contribution in [3.8, 4) is 0 Å². The van der Waals surface area contributed by atoms with Crippen molar-refractivity contribution in [2.24, 2.45) is 0 Å². The maximum Gasteiger partial charge on any atom is -0.01000 e. The molecule has 0 amide bonds. The molecule has 0 atom stereocenters. The summed E-state index contributed by atoms with van der Waals surface area (Å²) in [5.41, 5.74) is 9.90. The fourth-order valence-electron chi connectivity index (χ4n) is 3.76. The van der Waals surface area contributed by atoms with Gasteiger partial charge in [0.2, 0.25) is 0 Å². The lowest BCUT2D eigenvalue weighted by Crippen LogP contribution is -1.99. The Morgan fingerprint density at radius 1 is 0.821 bits per heavy atom. The van der Waals surface area contributed by atoms with Gasteiger partial charge >= 0.3 is 0 Å². The molecule has 0 nitrogen and oxygen atoms in total. The summed E-state index contributed by atoms with van der Waals surface area (Å²) in [6.45, 7) is 10.6. The van der Waals surface area contributed by atoms with Crippen LogP contribution in [0.2, 0.25) is 0 Å². The summed E-state index contributed by atoms with van der Waals surface area (Å²) in [5.74, 6) is 0. The van der Waals surface area contributed by atoms with Gasteiger partial charge in [-0.05, 0) is 64.8 Å². The SMILES string of the molecule is C=Cc1c(/C(=C\CC)c2ccccc2)cc(C)cc1/C(=C/C)c1ccccc1. The zero-order valence-electron chi connectivity index (χ0n) is 17.1. The average molecular weight is 365 g/mol. The number of hydrogen-bond acceptors (Lipinski definition) is 0. The molecule has 3 aromatic rings. The van der Waals surface area contributed by atoms with Crippen LogP contribution in [0.5, 0.6) is 0 Å². The molecule has 0 bridgehead atoms. The molecule has 0 N–H and O–H groups in total. The molecule has 0 spiro atoms. The van der Waals surface area contributed by atoms with E-state index in [1.54, 1.807) is 0 Å². The Morgan fingerprint density at radius 2 is 1.32 bits per heavy atom. The van der Waals surface area contributed by atoms with E-state index in [0.717, 1.165) is 6.42 Å². The van der Waals surface area contributed by atoms with E-state index in [0.29, 0.717) is 0 Å². The first-order chi connectivity index (χ1) is 13.7. The van der Waals surface area contributed by atoms with Crippen LogP contribution in [0.25, 0.3) is 17.2 Å². The second-order valence-electron chi connectivity index (χ2n) is 6.94. The van der Waals surface area contributed by atoms with E-state index in [9.17, 15) is 0 Å². The zero-order valence-corrected chi connectivity index (χ0v) is 17.1. The second kappa shape index (κ2) is 9.19. The first kappa shape index (κ1) is 19.6. The van der Waals surface area contributed by atoms with E-state index in [1.165, 1.54) is 44.5 Å². The van der Waals surface area contributed by atoms with Crippen LogP contribution >= 0.6 is 0 Å². The highest BCUT2D eigenvalue weighted by molar-refractivity contribution is 5.92. The van der Waals surface area contributed by atoms with Gasteiger partial charge in [0.05, 0.1) is 0 Å². The number of aryl methyl sites for hydroxylation is 1. The van der Waals surface area contributed by atoms with E-state index in [-0.39, 0.29) is 0 Å². The van der Waals surface area contributed by atoms with Crippen LogP contribution in [-0.4, -0.2) is 0 Å². The molecule has 0 saturated carbocycles. The molecular weight excluding hydrogens is 336 g/mol. The van der Waals surface area contributed by atoms with Crippen LogP contribution in [0.1, 0.15) is 53.6 Å². The lowest BCUT2D eigenvalue weighted by molar-refractivity contribution is 1.22. The molecule has 3 aromatic carbocycles. The third-order valence-electron chi connectivity index (χ3n) is 4.98. The Kier molecular flexibility index (Phi) is 6.45. The van der Waals surface area contributed by atoms with Gasteiger partial charge in [-0.15, -0.1) is 0 Å². The highest BCUT2D eigenvalue weighted by atomic mass is 14.2. The third-order valence-corrected chi connectivity index (χ3v) is 4.98. The van der Waals surface area contributed by atoms with Crippen molar-refractivity contribution in [2.45, 2.75) is 27.2 Å². The van der Waals surface area contributed by atoms with Crippen LogP contribution in [0.3, 0.4) is 0 Å². The standard InChI is InChI=1S/C28H28/c1-5-14-26(23-17-12-9-13-18-23)28-20-21(4)19-27(25(28)7-3)24(6-2)22-15-10-8-11-16-22/h6-20H,3,5H2,1-2,4H3/b24-6+,26-14-. The fourth-order valence-corrected chi connectivity index (χ4v) is 3.76.